The van der Waals surface area contributed by atoms with E-state index in [0.717, 1.165) is 21.8 Å². The predicted molar refractivity (Wildman–Crippen MR) is 89.1 cm³/mol. The summed E-state index contributed by atoms with van der Waals surface area (Å²) in [6.45, 7) is 2.06. The van der Waals surface area contributed by atoms with Crippen LogP contribution in [0.25, 0.3) is 20.8 Å². The van der Waals surface area contributed by atoms with Gasteiger partial charge in [0, 0.05) is 11.3 Å². The molecule has 0 aliphatic heterocycles. The molecule has 0 aliphatic carbocycles. The number of hydrogen-bond donors (Lipinski definition) is 1. The van der Waals surface area contributed by atoms with Crippen LogP contribution in [0.15, 0.2) is 42.5 Å². The molecule has 3 aromatic rings. The Hall–Kier alpha value is -1.91. The molecule has 1 aromatic heterocycles. The summed E-state index contributed by atoms with van der Waals surface area (Å²) in [6, 6.07) is 13.9. The Morgan fingerprint density at radius 3 is 2.71 bits per heavy atom. The zero-order chi connectivity index (χ0) is 14.8. The lowest BCUT2D eigenvalue weighted by molar-refractivity contribution is -0.113. The van der Waals surface area contributed by atoms with Gasteiger partial charge < -0.3 is 5.32 Å². The predicted octanol–water partition coefficient (Wildman–Crippen LogP) is 4.45. The van der Waals surface area contributed by atoms with Crippen LogP contribution in [0.4, 0.5) is 5.69 Å². The molecule has 0 aliphatic rings. The lowest BCUT2D eigenvalue weighted by Crippen LogP contribution is -2.12. The normalized spacial score (nSPS) is 10.8. The lowest BCUT2D eigenvalue weighted by atomic mass is 10.2. The standard InChI is InChI=1S/C16H13ClN2OS/c1-10-2-7-14-13(8-10)19-16(21-14)11-3-5-12(6-4-11)18-15(20)9-17/h2-8H,9H2,1H3,(H,18,20). The Morgan fingerprint density at radius 2 is 2.00 bits per heavy atom. The van der Waals surface area contributed by atoms with Crippen molar-refractivity contribution < 1.29 is 4.79 Å². The van der Waals surface area contributed by atoms with Gasteiger partial charge in [-0.25, -0.2) is 4.98 Å². The first-order chi connectivity index (χ1) is 10.2. The fourth-order valence-corrected chi connectivity index (χ4v) is 3.07. The number of anilines is 1. The van der Waals surface area contributed by atoms with Crippen molar-refractivity contribution in [2.75, 3.05) is 11.2 Å². The summed E-state index contributed by atoms with van der Waals surface area (Å²) in [6.07, 6.45) is 0. The van der Waals surface area contributed by atoms with E-state index in [1.54, 1.807) is 11.3 Å². The van der Waals surface area contributed by atoms with Crippen molar-refractivity contribution in [3.63, 3.8) is 0 Å². The van der Waals surface area contributed by atoms with Crippen LogP contribution >= 0.6 is 22.9 Å². The number of fused-ring (bicyclic) bond motifs is 1. The molecule has 1 amide bonds. The molecule has 21 heavy (non-hydrogen) atoms. The number of rotatable bonds is 3. The number of alkyl halides is 1. The third kappa shape index (κ3) is 3.06. The van der Waals surface area contributed by atoms with Gasteiger partial charge in [-0.3, -0.25) is 4.79 Å². The minimum absolute atomic E-state index is 0.0427. The van der Waals surface area contributed by atoms with Gasteiger partial charge in [0.05, 0.1) is 10.2 Å². The molecular weight excluding hydrogens is 304 g/mol. The van der Waals surface area contributed by atoms with Crippen LogP contribution < -0.4 is 5.32 Å². The Bertz CT molecular complexity index is 796. The van der Waals surface area contributed by atoms with Crippen LogP contribution in [0.5, 0.6) is 0 Å². The second-order valence-electron chi connectivity index (χ2n) is 4.75. The van der Waals surface area contributed by atoms with E-state index in [0.29, 0.717) is 0 Å². The van der Waals surface area contributed by atoms with Crippen molar-refractivity contribution in [1.82, 2.24) is 4.98 Å². The number of thiazole rings is 1. The average Bonchev–Trinajstić information content (AvgIpc) is 2.90. The van der Waals surface area contributed by atoms with E-state index in [1.165, 1.54) is 10.3 Å². The zero-order valence-corrected chi connectivity index (χ0v) is 13.0. The van der Waals surface area contributed by atoms with Crippen molar-refractivity contribution in [2.24, 2.45) is 0 Å². The lowest BCUT2D eigenvalue weighted by Gasteiger charge is -2.03. The van der Waals surface area contributed by atoms with Crippen LogP contribution in [0.1, 0.15) is 5.56 Å². The highest BCUT2D eigenvalue weighted by molar-refractivity contribution is 7.21. The topological polar surface area (TPSA) is 42.0 Å². The molecule has 1 N–H and O–H groups in total. The molecule has 0 saturated heterocycles. The summed E-state index contributed by atoms with van der Waals surface area (Å²) in [5, 5.41) is 3.69. The maximum atomic E-state index is 11.2. The Kier molecular flexibility index (Phi) is 3.90. The fourth-order valence-electron chi connectivity index (χ4n) is 2.05. The molecule has 2 aromatic carbocycles. The SMILES string of the molecule is Cc1ccc2sc(-c3ccc(NC(=O)CCl)cc3)nc2c1. The molecule has 106 valence electrons. The third-order valence-corrected chi connectivity index (χ3v) is 4.41. The van der Waals surface area contributed by atoms with Gasteiger partial charge in [-0.05, 0) is 48.9 Å². The van der Waals surface area contributed by atoms with E-state index in [-0.39, 0.29) is 11.8 Å². The Balaban J connectivity index is 1.90. The highest BCUT2D eigenvalue weighted by atomic mass is 35.5. The second kappa shape index (κ2) is 5.84. The number of amides is 1. The number of nitrogens with one attached hydrogen (secondary N) is 1. The minimum atomic E-state index is -0.208. The van der Waals surface area contributed by atoms with Crippen molar-refractivity contribution in [3.8, 4) is 10.6 Å². The minimum Gasteiger partial charge on any atom is -0.325 e. The zero-order valence-electron chi connectivity index (χ0n) is 11.4. The molecule has 3 nitrogen and oxygen atoms in total. The largest absolute Gasteiger partial charge is 0.325 e. The number of hydrogen-bond acceptors (Lipinski definition) is 3. The van der Waals surface area contributed by atoms with E-state index in [1.807, 2.05) is 24.3 Å². The number of benzene rings is 2. The highest BCUT2D eigenvalue weighted by Crippen LogP contribution is 2.31. The molecule has 0 saturated carbocycles. The smallest absolute Gasteiger partial charge is 0.239 e. The van der Waals surface area contributed by atoms with E-state index < -0.39 is 0 Å². The maximum Gasteiger partial charge on any atom is 0.239 e. The number of halogens is 1. The molecule has 0 radical (unpaired) electrons. The average molecular weight is 317 g/mol. The summed E-state index contributed by atoms with van der Waals surface area (Å²) in [4.78, 5) is 15.9. The van der Waals surface area contributed by atoms with Gasteiger partial charge >= 0.3 is 0 Å². The van der Waals surface area contributed by atoms with E-state index in [2.05, 4.69) is 35.4 Å². The number of aryl methyl sites for hydroxylation is 1. The number of nitrogens with zero attached hydrogens (tertiary/aromatic N) is 1. The first-order valence-corrected chi connectivity index (χ1v) is 7.84. The van der Waals surface area contributed by atoms with Gasteiger partial charge in [-0.1, -0.05) is 6.07 Å². The van der Waals surface area contributed by atoms with Gasteiger partial charge in [-0.15, -0.1) is 22.9 Å². The molecular formula is C16H13ClN2OS. The Labute approximate surface area is 131 Å². The summed E-state index contributed by atoms with van der Waals surface area (Å²) in [5.74, 6) is -0.251. The molecule has 3 rings (SSSR count). The van der Waals surface area contributed by atoms with Crippen molar-refractivity contribution in [1.29, 1.82) is 0 Å². The highest BCUT2D eigenvalue weighted by Gasteiger charge is 2.07. The van der Waals surface area contributed by atoms with E-state index in [4.69, 9.17) is 11.6 Å². The second-order valence-corrected chi connectivity index (χ2v) is 6.05. The number of carbonyl (C=O) groups excluding carboxylic acids is 1. The van der Waals surface area contributed by atoms with Crippen LogP contribution in [0, 0.1) is 6.92 Å². The third-order valence-electron chi connectivity index (χ3n) is 3.08. The first-order valence-electron chi connectivity index (χ1n) is 6.49. The molecule has 1 heterocycles. The molecule has 0 fully saturated rings. The monoisotopic (exact) mass is 316 g/mol. The van der Waals surface area contributed by atoms with Gasteiger partial charge in [-0.2, -0.15) is 0 Å². The van der Waals surface area contributed by atoms with Gasteiger partial charge in [0.15, 0.2) is 0 Å². The summed E-state index contributed by atoms with van der Waals surface area (Å²) in [7, 11) is 0. The van der Waals surface area contributed by atoms with Crippen LogP contribution in [-0.2, 0) is 4.79 Å². The van der Waals surface area contributed by atoms with E-state index >= 15 is 0 Å². The van der Waals surface area contributed by atoms with Gasteiger partial charge in [0.1, 0.15) is 10.9 Å². The molecule has 5 heteroatoms. The van der Waals surface area contributed by atoms with Crippen molar-refractivity contribution in [2.45, 2.75) is 6.92 Å². The van der Waals surface area contributed by atoms with Crippen molar-refractivity contribution >= 4 is 44.7 Å². The summed E-state index contributed by atoms with van der Waals surface area (Å²) >= 11 is 7.13. The van der Waals surface area contributed by atoms with E-state index in [9.17, 15) is 4.79 Å². The quantitative estimate of drug-likeness (QED) is 0.725. The summed E-state index contributed by atoms with van der Waals surface area (Å²) in [5.41, 5.74) is 4.01. The molecule has 0 atom stereocenters. The number of aromatic nitrogens is 1. The maximum absolute atomic E-state index is 11.2. The molecule has 0 spiro atoms. The Morgan fingerprint density at radius 1 is 1.24 bits per heavy atom. The van der Waals surface area contributed by atoms with Gasteiger partial charge in [0.2, 0.25) is 5.91 Å². The summed E-state index contributed by atoms with van der Waals surface area (Å²) < 4.78 is 1.18. The van der Waals surface area contributed by atoms with Crippen molar-refractivity contribution in [3.05, 3.63) is 48.0 Å². The van der Waals surface area contributed by atoms with Crippen LogP contribution in [-0.4, -0.2) is 16.8 Å². The molecule has 0 unspecified atom stereocenters. The fraction of sp³-hybridized carbons (Fsp3) is 0.125. The van der Waals surface area contributed by atoms with Gasteiger partial charge in [0.25, 0.3) is 0 Å². The van der Waals surface area contributed by atoms with Crippen LogP contribution in [0.3, 0.4) is 0 Å². The first kappa shape index (κ1) is 14.0. The molecule has 0 bridgehead atoms. The number of carbonyl (C=O) groups is 1. The van der Waals surface area contributed by atoms with Crippen LogP contribution in [0.2, 0.25) is 0 Å².